The maximum absolute atomic E-state index is 12.2. The highest BCUT2D eigenvalue weighted by Gasteiger charge is 2.32. The summed E-state index contributed by atoms with van der Waals surface area (Å²) in [6.45, 7) is 3.36. The predicted octanol–water partition coefficient (Wildman–Crippen LogP) is 3.15. The van der Waals surface area contributed by atoms with Crippen LogP contribution >= 0.6 is 0 Å². The lowest BCUT2D eigenvalue weighted by atomic mass is 10.1. The SMILES string of the molecule is Cc1ccc(OC2CCN(CC(O)CC(F)(F)F)CC2)cc1. The molecule has 1 heterocycles. The first-order valence-corrected chi connectivity index (χ1v) is 7.52. The Kier molecular flexibility index (Phi) is 5.69. The summed E-state index contributed by atoms with van der Waals surface area (Å²) in [6.07, 6.45) is -5.22. The van der Waals surface area contributed by atoms with E-state index in [0.29, 0.717) is 13.1 Å². The van der Waals surface area contributed by atoms with Crippen molar-refractivity contribution in [3.8, 4) is 5.75 Å². The van der Waals surface area contributed by atoms with Gasteiger partial charge in [0.2, 0.25) is 0 Å². The molecule has 1 unspecified atom stereocenters. The third-order valence-corrected chi connectivity index (χ3v) is 3.79. The molecule has 0 bridgehead atoms. The number of rotatable bonds is 5. The van der Waals surface area contributed by atoms with Crippen LogP contribution in [0.4, 0.5) is 13.2 Å². The van der Waals surface area contributed by atoms with Crippen LogP contribution in [0.25, 0.3) is 0 Å². The third kappa shape index (κ3) is 5.85. The van der Waals surface area contributed by atoms with Crippen LogP contribution in [-0.2, 0) is 0 Å². The van der Waals surface area contributed by atoms with E-state index in [1.54, 1.807) is 0 Å². The normalized spacial score (nSPS) is 19.1. The van der Waals surface area contributed by atoms with E-state index >= 15 is 0 Å². The van der Waals surface area contributed by atoms with Crippen LogP contribution in [0.2, 0.25) is 0 Å². The Morgan fingerprint density at radius 2 is 1.82 bits per heavy atom. The number of ether oxygens (including phenoxy) is 1. The molecule has 1 aliphatic rings. The molecule has 22 heavy (non-hydrogen) atoms. The van der Waals surface area contributed by atoms with Crippen molar-refractivity contribution >= 4 is 0 Å². The van der Waals surface area contributed by atoms with Crippen molar-refractivity contribution in [3.05, 3.63) is 29.8 Å². The second-order valence-corrected chi connectivity index (χ2v) is 5.90. The van der Waals surface area contributed by atoms with E-state index in [4.69, 9.17) is 4.74 Å². The number of halogens is 3. The second-order valence-electron chi connectivity index (χ2n) is 5.90. The Balaban J connectivity index is 1.72. The van der Waals surface area contributed by atoms with Gasteiger partial charge in [0.1, 0.15) is 11.9 Å². The molecule has 124 valence electrons. The van der Waals surface area contributed by atoms with Gasteiger partial charge in [0, 0.05) is 19.6 Å². The summed E-state index contributed by atoms with van der Waals surface area (Å²) in [4.78, 5) is 1.87. The van der Waals surface area contributed by atoms with Gasteiger partial charge in [0.15, 0.2) is 0 Å². The van der Waals surface area contributed by atoms with Gasteiger partial charge in [-0.05, 0) is 31.9 Å². The number of alkyl halides is 3. The summed E-state index contributed by atoms with van der Waals surface area (Å²) < 4.78 is 42.5. The molecular weight excluding hydrogens is 295 g/mol. The van der Waals surface area contributed by atoms with E-state index in [1.165, 1.54) is 5.56 Å². The maximum Gasteiger partial charge on any atom is 0.391 e. The molecule has 1 aromatic rings. The molecule has 1 aromatic carbocycles. The number of hydrogen-bond acceptors (Lipinski definition) is 3. The summed E-state index contributed by atoms with van der Waals surface area (Å²) in [5.74, 6) is 0.821. The van der Waals surface area contributed by atoms with Crippen LogP contribution < -0.4 is 4.74 Å². The first-order chi connectivity index (χ1) is 10.3. The number of aliphatic hydroxyl groups is 1. The molecule has 0 saturated carbocycles. The van der Waals surface area contributed by atoms with Crippen molar-refractivity contribution in [2.75, 3.05) is 19.6 Å². The number of piperidine rings is 1. The monoisotopic (exact) mass is 317 g/mol. The van der Waals surface area contributed by atoms with E-state index in [1.807, 2.05) is 36.1 Å². The molecule has 3 nitrogen and oxygen atoms in total. The molecule has 6 heteroatoms. The van der Waals surface area contributed by atoms with E-state index in [2.05, 4.69) is 0 Å². The molecule has 0 spiro atoms. The standard InChI is InChI=1S/C16H22F3NO2/c1-12-2-4-14(5-3-12)22-15-6-8-20(9-7-15)11-13(21)10-16(17,18)19/h2-5,13,15,21H,6-11H2,1H3. The molecule has 1 fully saturated rings. The zero-order valence-electron chi connectivity index (χ0n) is 12.6. The van der Waals surface area contributed by atoms with E-state index < -0.39 is 18.7 Å². The number of aliphatic hydroxyl groups excluding tert-OH is 1. The summed E-state index contributed by atoms with van der Waals surface area (Å²) in [6, 6.07) is 7.82. The van der Waals surface area contributed by atoms with Gasteiger partial charge in [-0.15, -0.1) is 0 Å². The van der Waals surface area contributed by atoms with Crippen molar-refractivity contribution < 1.29 is 23.0 Å². The fraction of sp³-hybridized carbons (Fsp3) is 0.625. The first-order valence-electron chi connectivity index (χ1n) is 7.52. The average Bonchev–Trinajstić information content (AvgIpc) is 2.41. The molecule has 1 atom stereocenters. The van der Waals surface area contributed by atoms with Gasteiger partial charge in [-0.3, -0.25) is 0 Å². The van der Waals surface area contributed by atoms with E-state index in [9.17, 15) is 18.3 Å². The van der Waals surface area contributed by atoms with Crippen molar-refractivity contribution in [2.45, 2.75) is 44.6 Å². The Hall–Kier alpha value is -1.27. The quantitative estimate of drug-likeness (QED) is 0.905. The Morgan fingerprint density at radius 3 is 2.36 bits per heavy atom. The first kappa shape index (κ1) is 17.1. The Labute approximate surface area is 128 Å². The zero-order chi connectivity index (χ0) is 16.2. The van der Waals surface area contributed by atoms with Crippen molar-refractivity contribution in [2.24, 2.45) is 0 Å². The molecule has 0 amide bonds. The zero-order valence-corrected chi connectivity index (χ0v) is 12.6. The molecule has 2 rings (SSSR count). The highest BCUT2D eigenvalue weighted by molar-refractivity contribution is 5.26. The van der Waals surface area contributed by atoms with Crippen LogP contribution in [0, 0.1) is 6.92 Å². The van der Waals surface area contributed by atoms with Crippen LogP contribution in [0.5, 0.6) is 5.75 Å². The highest BCUT2D eigenvalue weighted by Crippen LogP contribution is 2.23. The minimum atomic E-state index is -4.31. The molecule has 1 aliphatic heterocycles. The van der Waals surface area contributed by atoms with Gasteiger partial charge in [-0.1, -0.05) is 17.7 Å². The van der Waals surface area contributed by atoms with Crippen LogP contribution in [-0.4, -0.2) is 48.0 Å². The lowest BCUT2D eigenvalue weighted by Gasteiger charge is -2.33. The van der Waals surface area contributed by atoms with Crippen molar-refractivity contribution in [1.82, 2.24) is 4.90 Å². The van der Waals surface area contributed by atoms with Gasteiger partial charge < -0.3 is 14.7 Å². The number of benzene rings is 1. The molecule has 0 aromatic heterocycles. The average molecular weight is 317 g/mol. The highest BCUT2D eigenvalue weighted by atomic mass is 19.4. The van der Waals surface area contributed by atoms with Crippen molar-refractivity contribution in [3.63, 3.8) is 0 Å². The fourth-order valence-electron chi connectivity index (χ4n) is 2.65. The van der Waals surface area contributed by atoms with Gasteiger partial charge >= 0.3 is 6.18 Å². The van der Waals surface area contributed by atoms with Crippen LogP contribution in [0.1, 0.15) is 24.8 Å². The molecule has 1 saturated heterocycles. The molecule has 0 radical (unpaired) electrons. The molecular formula is C16H22F3NO2. The summed E-state index contributed by atoms with van der Waals surface area (Å²) in [5.41, 5.74) is 1.17. The predicted molar refractivity (Wildman–Crippen MR) is 77.9 cm³/mol. The van der Waals surface area contributed by atoms with E-state index in [-0.39, 0.29) is 12.6 Å². The fourth-order valence-corrected chi connectivity index (χ4v) is 2.65. The van der Waals surface area contributed by atoms with Gasteiger partial charge in [-0.25, -0.2) is 0 Å². The largest absolute Gasteiger partial charge is 0.490 e. The lowest BCUT2D eigenvalue weighted by Crippen LogP contribution is -2.42. The minimum Gasteiger partial charge on any atom is -0.490 e. The number of likely N-dealkylation sites (tertiary alicyclic amines) is 1. The second kappa shape index (κ2) is 7.33. The third-order valence-electron chi connectivity index (χ3n) is 3.79. The Bertz CT molecular complexity index is 453. The number of aryl methyl sites for hydroxylation is 1. The van der Waals surface area contributed by atoms with Gasteiger partial charge in [0.05, 0.1) is 12.5 Å². The van der Waals surface area contributed by atoms with Gasteiger partial charge in [-0.2, -0.15) is 13.2 Å². The summed E-state index contributed by atoms with van der Waals surface area (Å²) >= 11 is 0. The molecule has 0 aliphatic carbocycles. The van der Waals surface area contributed by atoms with Gasteiger partial charge in [0.25, 0.3) is 0 Å². The number of β-amino-alcohol motifs (C(OH)–C–C–N with tert-alkyl or cyclic N) is 1. The molecule has 1 N–H and O–H groups in total. The number of hydrogen-bond donors (Lipinski definition) is 1. The van der Waals surface area contributed by atoms with Crippen molar-refractivity contribution in [1.29, 1.82) is 0 Å². The number of nitrogens with zero attached hydrogens (tertiary/aromatic N) is 1. The van der Waals surface area contributed by atoms with Crippen LogP contribution in [0.3, 0.4) is 0 Å². The smallest absolute Gasteiger partial charge is 0.391 e. The summed E-state index contributed by atoms with van der Waals surface area (Å²) in [5, 5.41) is 9.47. The van der Waals surface area contributed by atoms with Crippen LogP contribution in [0.15, 0.2) is 24.3 Å². The minimum absolute atomic E-state index is 0.0662. The Morgan fingerprint density at radius 1 is 1.23 bits per heavy atom. The van der Waals surface area contributed by atoms with E-state index in [0.717, 1.165) is 18.6 Å². The topological polar surface area (TPSA) is 32.7 Å². The summed E-state index contributed by atoms with van der Waals surface area (Å²) in [7, 11) is 0. The lowest BCUT2D eigenvalue weighted by molar-refractivity contribution is -0.155. The maximum atomic E-state index is 12.2.